The number of nitrogens with one attached hydrogen (secondary N) is 9. The molecule has 13 atom stereocenters. The lowest BCUT2D eigenvalue weighted by Crippen LogP contribution is -2.63. The second-order valence-electron chi connectivity index (χ2n) is 20.9. The molecule has 0 aliphatic heterocycles. The highest BCUT2D eigenvalue weighted by molar-refractivity contribution is 5.98. The fourth-order valence-electron chi connectivity index (χ4n) is 7.97. The molecule has 472 valence electrons. The molecule has 0 saturated heterocycles. The third-order valence-corrected chi connectivity index (χ3v) is 13.1. The van der Waals surface area contributed by atoms with Gasteiger partial charge in [-0.25, -0.2) is 9.59 Å². The maximum atomic E-state index is 14.4. The highest BCUT2D eigenvalue weighted by atomic mass is 16.5. The predicted molar refractivity (Wildman–Crippen MR) is 307 cm³/mol. The summed E-state index contributed by atoms with van der Waals surface area (Å²) < 4.78 is 5.36. The van der Waals surface area contributed by atoms with Crippen molar-refractivity contribution < 1.29 is 78.2 Å². The number of hydrogen-bond acceptors (Lipinski definition) is 19. The van der Waals surface area contributed by atoms with Crippen LogP contribution in [0.2, 0.25) is 0 Å². The largest absolute Gasteiger partial charge is 0.480 e. The van der Waals surface area contributed by atoms with Gasteiger partial charge in [0.1, 0.15) is 61.0 Å². The number of aromatic nitrogens is 1. The summed E-state index contributed by atoms with van der Waals surface area (Å²) in [5.41, 5.74) is 23.5. The van der Waals surface area contributed by atoms with Gasteiger partial charge in [-0.15, -0.1) is 0 Å². The second-order valence-corrected chi connectivity index (χ2v) is 20.9. The Balaban J connectivity index is 2.44. The topological polar surface area (TPSA) is 519 Å². The number of nitrogens with two attached hydrogens (primary N) is 4. The molecule has 0 fully saturated rings. The average molecular weight is 1200 g/mol. The molecular weight excluding hydrogens is 1110 g/mol. The molecule has 1 heterocycles. The van der Waals surface area contributed by atoms with E-state index in [4.69, 9.17) is 27.7 Å². The van der Waals surface area contributed by atoms with Crippen molar-refractivity contribution in [2.24, 2.45) is 45.7 Å². The molecule has 0 aliphatic rings. The van der Waals surface area contributed by atoms with E-state index < -0.39 is 163 Å². The number of guanidine groups is 1. The minimum atomic E-state index is -1.98. The number of carbonyl (C=O) groups excluding carboxylic acids is 9. The fourth-order valence-corrected chi connectivity index (χ4v) is 7.97. The van der Waals surface area contributed by atoms with Gasteiger partial charge in [0, 0.05) is 24.6 Å². The molecule has 0 saturated carbocycles. The van der Waals surface area contributed by atoms with Crippen molar-refractivity contribution in [3.63, 3.8) is 0 Å². The lowest BCUT2D eigenvalue weighted by Gasteiger charge is -2.32. The van der Waals surface area contributed by atoms with E-state index in [1.54, 1.807) is 84.0 Å². The Labute approximate surface area is 492 Å². The van der Waals surface area contributed by atoms with E-state index in [-0.39, 0.29) is 50.7 Å². The standard InChI is InChI=1S/C54H85N15O16/c1-9-28(6)38(48(78)67-39(30(8)71)47(77)61-23-36(72)65-42(44(74)29(7)55)51(81)64-35(24-70)52(82)83)66-45(75)33(18-14-20-60-53(57)58)62-46(76)34(21-26(2)3)63-50(80)41(43(73)27(4)5)68-49(79)40(37(56)32-17-13-19-59-22-32)69-54(84)85-25-31-15-11-10-12-16-31/h10-13,15-17,19,22,26-28,30,33-35,37-44,70-71,73-74H,7,9,14,18,20-21,23-25,55-56H2,1-6,8H3,(H,61,77)(H,62,76)(H,63,80)(H,64,81)(H,65,72)(H,66,75)(H,67,78)(H,68,79)(H,69,84)(H,82,83)(H4,57,58,60)/t28-,30-,33+,34-,35-,37+,38-,39-,40-,41?,42?,43+,44+/m0/s1. The van der Waals surface area contributed by atoms with E-state index in [9.17, 15) is 73.5 Å². The normalized spacial score (nSPS) is 15.7. The number of hydrogen-bond donors (Lipinski definition) is 18. The van der Waals surface area contributed by atoms with Crippen LogP contribution in [0.4, 0.5) is 4.79 Å². The zero-order valence-corrected chi connectivity index (χ0v) is 48.7. The number of aliphatic carboxylic acids is 1. The van der Waals surface area contributed by atoms with Crippen molar-refractivity contribution >= 4 is 65.3 Å². The van der Waals surface area contributed by atoms with Gasteiger partial charge >= 0.3 is 12.1 Å². The Kier molecular flexibility index (Phi) is 31.0. The van der Waals surface area contributed by atoms with Gasteiger partial charge in [-0.2, -0.15) is 0 Å². The molecule has 2 unspecified atom stereocenters. The summed E-state index contributed by atoms with van der Waals surface area (Å²) in [5, 5.41) is 72.5. The van der Waals surface area contributed by atoms with E-state index >= 15 is 0 Å². The monoisotopic (exact) mass is 1200 g/mol. The lowest BCUT2D eigenvalue weighted by atomic mass is 9.95. The average Bonchev–Trinajstić information content (AvgIpc) is 3.31. The number of carboxylic acids is 1. The minimum Gasteiger partial charge on any atom is -0.480 e. The van der Waals surface area contributed by atoms with E-state index in [1.807, 2.05) is 5.32 Å². The Morgan fingerprint density at radius 1 is 0.671 bits per heavy atom. The number of benzene rings is 1. The number of nitrogens with zero attached hydrogens (tertiary/aromatic N) is 2. The highest BCUT2D eigenvalue weighted by Crippen LogP contribution is 2.17. The Morgan fingerprint density at radius 3 is 1.78 bits per heavy atom. The van der Waals surface area contributed by atoms with Crippen LogP contribution in [0.25, 0.3) is 0 Å². The first-order valence-electron chi connectivity index (χ1n) is 27.3. The summed E-state index contributed by atoms with van der Waals surface area (Å²) in [6, 6.07) is -2.95. The van der Waals surface area contributed by atoms with Crippen molar-refractivity contribution in [3.05, 3.63) is 78.3 Å². The summed E-state index contributed by atoms with van der Waals surface area (Å²) in [4.78, 5) is 143. The number of amides is 9. The number of alkyl carbamates (subject to hydrolysis) is 1. The number of rotatable bonds is 36. The number of aliphatic imine (C=N–C) groups is 1. The van der Waals surface area contributed by atoms with E-state index in [0.29, 0.717) is 11.1 Å². The summed E-state index contributed by atoms with van der Waals surface area (Å²) in [5.74, 6) is -12.2. The summed E-state index contributed by atoms with van der Waals surface area (Å²) in [6.45, 7) is 12.0. The van der Waals surface area contributed by atoms with Crippen LogP contribution in [0.3, 0.4) is 0 Å². The van der Waals surface area contributed by atoms with Crippen LogP contribution in [-0.4, -0.2) is 182 Å². The number of pyridine rings is 1. The van der Waals surface area contributed by atoms with E-state index in [1.165, 1.54) is 12.4 Å². The third kappa shape index (κ3) is 24.7. The van der Waals surface area contributed by atoms with Crippen LogP contribution < -0.4 is 70.8 Å². The summed E-state index contributed by atoms with van der Waals surface area (Å²) >= 11 is 0. The van der Waals surface area contributed by atoms with Crippen molar-refractivity contribution in [1.29, 1.82) is 0 Å². The Morgan fingerprint density at radius 2 is 1.24 bits per heavy atom. The van der Waals surface area contributed by atoms with Crippen LogP contribution in [0.1, 0.15) is 91.3 Å². The quantitative estimate of drug-likeness (QED) is 0.0173. The van der Waals surface area contributed by atoms with Gasteiger partial charge in [-0.05, 0) is 61.1 Å². The van der Waals surface area contributed by atoms with Crippen molar-refractivity contribution in [2.75, 3.05) is 19.7 Å². The van der Waals surface area contributed by atoms with Gasteiger partial charge in [0.15, 0.2) is 5.96 Å². The molecule has 85 heavy (non-hydrogen) atoms. The number of aliphatic hydroxyl groups excluding tert-OH is 4. The SMILES string of the molecule is C=C(N)[C@@H](O)C(NC(=O)CNC(=O)[C@@H](NC(=O)[C@@H](NC(=O)[C@@H](CCCN=C(N)N)NC(=O)[C@H](CC(C)C)NC(=O)C(NC(=O)[C@@H](NC(=O)OCc1ccccc1)[C@H](N)c1cccnc1)[C@H](O)C(C)C)[C@@H](C)CC)[C@H](C)O)C(=O)N[C@@H](CO)C(=O)O. The number of ether oxygens (including phenoxy) is 1. The first-order valence-corrected chi connectivity index (χ1v) is 27.3. The zero-order chi connectivity index (χ0) is 64.2. The molecule has 0 aliphatic carbocycles. The van der Waals surface area contributed by atoms with Crippen molar-refractivity contribution in [3.8, 4) is 0 Å². The molecule has 1 aromatic heterocycles. The third-order valence-electron chi connectivity index (χ3n) is 13.1. The van der Waals surface area contributed by atoms with Crippen LogP contribution >= 0.6 is 0 Å². The van der Waals surface area contributed by atoms with Gasteiger partial charge in [-0.3, -0.25) is 48.3 Å². The molecule has 31 heteroatoms. The number of aliphatic hydroxyl groups is 4. The molecule has 31 nitrogen and oxygen atoms in total. The first kappa shape index (κ1) is 72.6. The molecule has 9 amide bonds. The molecular formula is C54H85N15O16. The van der Waals surface area contributed by atoms with Crippen molar-refractivity contribution in [2.45, 2.75) is 153 Å². The molecule has 0 radical (unpaired) electrons. The zero-order valence-electron chi connectivity index (χ0n) is 48.7. The molecule has 0 bridgehead atoms. The predicted octanol–water partition coefficient (Wildman–Crippen LogP) is -4.66. The lowest BCUT2D eigenvalue weighted by molar-refractivity contribution is -0.144. The second kappa shape index (κ2) is 36.2. The van der Waals surface area contributed by atoms with Gasteiger partial charge in [-0.1, -0.05) is 90.9 Å². The van der Waals surface area contributed by atoms with Gasteiger partial charge in [0.2, 0.25) is 47.3 Å². The number of carboxylic acid groups (broad SMARTS) is 1. The first-order chi connectivity index (χ1) is 39.9. The molecule has 22 N–H and O–H groups in total. The molecule has 2 rings (SSSR count). The molecule has 0 spiro atoms. The Hall–Kier alpha value is -8.52. The summed E-state index contributed by atoms with van der Waals surface area (Å²) in [7, 11) is 0. The highest BCUT2D eigenvalue weighted by Gasteiger charge is 2.40. The summed E-state index contributed by atoms with van der Waals surface area (Å²) in [6.07, 6.45) is -3.39. The Bertz CT molecular complexity index is 2590. The van der Waals surface area contributed by atoms with Crippen LogP contribution in [0, 0.1) is 17.8 Å². The maximum absolute atomic E-state index is 14.4. The fraction of sp³-hybridized carbons (Fsp3) is 0.556. The van der Waals surface area contributed by atoms with Crippen LogP contribution in [-0.2, 0) is 54.5 Å². The van der Waals surface area contributed by atoms with E-state index in [0.717, 1.165) is 6.92 Å². The minimum absolute atomic E-state index is 0.0300. The van der Waals surface area contributed by atoms with Crippen LogP contribution in [0.5, 0.6) is 0 Å². The van der Waals surface area contributed by atoms with Gasteiger partial charge in [0.25, 0.3) is 0 Å². The van der Waals surface area contributed by atoms with Gasteiger partial charge in [0.05, 0.1) is 31.4 Å². The van der Waals surface area contributed by atoms with E-state index in [2.05, 4.69) is 59.1 Å². The smallest absolute Gasteiger partial charge is 0.408 e. The molecule has 1 aromatic carbocycles. The van der Waals surface area contributed by atoms with Gasteiger partial charge < -0.3 is 101 Å². The van der Waals surface area contributed by atoms with Crippen molar-refractivity contribution in [1.82, 2.24) is 52.8 Å². The molecule has 2 aromatic rings. The number of carbonyl (C=O) groups is 10. The van der Waals surface area contributed by atoms with Crippen LogP contribution in [0.15, 0.2) is 72.1 Å². The maximum Gasteiger partial charge on any atom is 0.408 e.